The summed E-state index contributed by atoms with van der Waals surface area (Å²) in [5.74, 6) is 1.67. The Morgan fingerprint density at radius 2 is 1.90 bits per heavy atom. The SMILES string of the molecule is COc1cccc(CC(N)c2ccc(C3CCC3)cc2)c1. The Kier molecular flexibility index (Phi) is 4.26. The van der Waals surface area contributed by atoms with Gasteiger partial charge in [0.2, 0.25) is 0 Å². The van der Waals surface area contributed by atoms with Crippen LogP contribution in [0.15, 0.2) is 48.5 Å². The zero-order chi connectivity index (χ0) is 14.7. The molecule has 0 saturated heterocycles. The van der Waals surface area contributed by atoms with Gasteiger partial charge in [0, 0.05) is 6.04 Å². The summed E-state index contributed by atoms with van der Waals surface area (Å²) in [6.07, 6.45) is 4.90. The number of hydrogen-bond donors (Lipinski definition) is 1. The highest BCUT2D eigenvalue weighted by molar-refractivity contribution is 5.32. The average Bonchev–Trinajstić information content (AvgIpc) is 2.46. The van der Waals surface area contributed by atoms with Crippen LogP contribution in [0.5, 0.6) is 5.75 Å². The molecule has 1 saturated carbocycles. The van der Waals surface area contributed by atoms with Gasteiger partial charge in [-0.25, -0.2) is 0 Å². The second-order valence-electron chi connectivity index (χ2n) is 5.96. The molecule has 0 heterocycles. The number of benzene rings is 2. The zero-order valence-electron chi connectivity index (χ0n) is 12.6. The topological polar surface area (TPSA) is 35.2 Å². The normalized spacial score (nSPS) is 16.3. The van der Waals surface area contributed by atoms with Crippen LogP contribution in [-0.2, 0) is 6.42 Å². The van der Waals surface area contributed by atoms with Gasteiger partial charge in [0.1, 0.15) is 5.75 Å². The van der Waals surface area contributed by atoms with Gasteiger partial charge in [-0.05, 0) is 54.0 Å². The molecule has 1 fully saturated rings. The van der Waals surface area contributed by atoms with Crippen LogP contribution in [0.2, 0.25) is 0 Å². The van der Waals surface area contributed by atoms with E-state index in [9.17, 15) is 0 Å². The fourth-order valence-corrected chi connectivity index (χ4v) is 2.93. The first-order valence-corrected chi connectivity index (χ1v) is 7.74. The third kappa shape index (κ3) is 3.27. The number of methoxy groups -OCH3 is 1. The van der Waals surface area contributed by atoms with Gasteiger partial charge in [-0.2, -0.15) is 0 Å². The van der Waals surface area contributed by atoms with Crippen molar-refractivity contribution in [1.29, 1.82) is 0 Å². The highest BCUT2D eigenvalue weighted by Crippen LogP contribution is 2.36. The van der Waals surface area contributed by atoms with E-state index in [-0.39, 0.29) is 6.04 Å². The van der Waals surface area contributed by atoms with Crippen molar-refractivity contribution >= 4 is 0 Å². The molecular formula is C19H23NO. The smallest absolute Gasteiger partial charge is 0.119 e. The Hall–Kier alpha value is -1.80. The molecule has 0 bridgehead atoms. The van der Waals surface area contributed by atoms with E-state index in [1.807, 2.05) is 12.1 Å². The predicted octanol–water partition coefficient (Wildman–Crippen LogP) is 4.21. The van der Waals surface area contributed by atoms with Gasteiger partial charge in [0.05, 0.1) is 7.11 Å². The number of hydrogen-bond acceptors (Lipinski definition) is 2. The molecule has 1 atom stereocenters. The maximum atomic E-state index is 6.35. The van der Waals surface area contributed by atoms with Gasteiger partial charge in [-0.15, -0.1) is 0 Å². The summed E-state index contributed by atoms with van der Waals surface area (Å²) in [5.41, 5.74) is 10.2. The number of rotatable bonds is 5. The quantitative estimate of drug-likeness (QED) is 0.891. The van der Waals surface area contributed by atoms with E-state index in [2.05, 4.69) is 36.4 Å². The molecule has 0 radical (unpaired) electrons. The van der Waals surface area contributed by atoms with Crippen molar-refractivity contribution in [1.82, 2.24) is 0 Å². The molecule has 0 spiro atoms. The lowest BCUT2D eigenvalue weighted by atomic mass is 9.80. The van der Waals surface area contributed by atoms with Gasteiger partial charge >= 0.3 is 0 Å². The molecule has 21 heavy (non-hydrogen) atoms. The first kappa shape index (κ1) is 14.2. The molecule has 2 heteroatoms. The average molecular weight is 281 g/mol. The summed E-state index contributed by atoms with van der Waals surface area (Å²) >= 11 is 0. The Morgan fingerprint density at radius 1 is 1.14 bits per heavy atom. The highest BCUT2D eigenvalue weighted by Gasteiger charge is 2.19. The molecule has 3 rings (SSSR count). The van der Waals surface area contributed by atoms with Crippen molar-refractivity contribution in [3.8, 4) is 5.75 Å². The van der Waals surface area contributed by atoms with Gasteiger partial charge in [-0.1, -0.05) is 42.8 Å². The third-order valence-corrected chi connectivity index (χ3v) is 4.53. The second-order valence-corrected chi connectivity index (χ2v) is 5.96. The van der Waals surface area contributed by atoms with Crippen LogP contribution >= 0.6 is 0 Å². The molecule has 1 unspecified atom stereocenters. The van der Waals surface area contributed by atoms with Crippen molar-refractivity contribution in [2.45, 2.75) is 37.6 Å². The van der Waals surface area contributed by atoms with E-state index < -0.39 is 0 Å². The first-order valence-electron chi connectivity index (χ1n) is 7.74. The van der Waals surface area contributed by atoms with Crippen molar-refractivity contribution in [2.75, 3.05) is 7.11 Å². The summed E-state index contributed by atoms with van der Waals surface area (Å²) < 4.78 is 5.26. The molecule has 1 aliphatic carbocycles. The van der Waals surface area contributed by atoms with Crippen molar-refractivity contribution in [2.24, 2.45) is 5.73 Å². The standard InChI is InChI=1S/C19H23NO/c1-21-18-7-2-4-14(12-18)13-19(20)17-10-8-16(9-11-17)15-5-3-6-15/h2,4,7-12,15,19H,3,5-6,13,20H2,1H3. The molecular weight excluding hydrogens is 258 g/mol. The van der Waals surface area contributed by atoms with E-state index in [4.69, 9.17) is 10.5 Å². The maximum Gasteiger partial charge on any atom is 0.119 e. The van der Waals surface area contributed by atoms with E-state index in [0.717, 1.165) is 18.1 Å². The molecule has 2 aromatic rings. The Balaban J connectivity index is 1.67. The summed E-state index contributed by atoms with van der Waals surface area (Å²) in [5, 5.41) is 0. The monoisotopic (exact) mass is 281 g/mol. The Bertz CT molecular complexity index is 587. The van der Waals surface area contributed by atoms with Gasteiger partial charge in [0.25, 0.3) is 0 Å². The van der Waals surface area contributed by atoms with Crippen LogP contribution < -0.4 is 10.5 Å². The lowest BCUT2D eigenvalue weighted by Gasteiger charge is -2.26. The maximum absolute atomic E-state index is 6.35. The minimum absolute atomic E-state index is 0.0348. The molecule has 1 aliphatic rings. The minimum atomic E-state index is 0.0348. The molecule has 110 valence electrons. The van der Waals surface area contributed by atoms with E-state index in [1.54, 1.807) is 7.11 Å². The molecule has 0 amide bonds. The lowest BCUT2D eigenvalue weighted by molar-refractivity contribution is 0.414. The van der Waals surface area contributed by atoms with Crippen molar-refractivity contribution < 1.29 is 4.74 Å². The second kappa shape index (κ2) is 6.31. The molecule has 2 N–H and O–H groups in total. The van der Waals surface area contributed by atoms with E-state index in [0.29, 0.717) is 0 Å². The van der Waals surface area contributed by atoms with E-state index >= 15 is 0 Å². The van der Waals surface area contributed by atoms with Crippen LogP contribution in [0.25, 0.3) is 0 Å². The minimum Gasteiger partial charge on any atom is -0.497 e. The van der Waals surface area contributed by atoms with Crippen LogP contribution in [0, 0.1) is 0 Å². The van der Waals surface area contributed by atoms with Crippen LogP contribution in [0.1, 0.15) is 47.9 Å². The van der Waals surface area contributed by atoms with Crippen LogP contribution in [0.4, 0.5) is 0 Å². The van der Waals surface area contributed by atoms with Crippen molar-refractivity contribution in [3.63, 3.8) is 0 Å². The summed E-state index contributed by atoms with van der Waals surface area (Å²) in [4.78, 5) is 0. The Morgan fingerprint density at radius 3 is 2.52 bits per heavy atom. The Labute approximate surface area is 126 Å². The largest absolute Gasteiger partial charge is 0.497 e. The lowest BCUT2D eigenvalue weighted by Crippen LogP contribution is -2.14. The van der Waals surface area contributed by atoms with Crippen LogP contribution in [0.3, 0.4) is 0 Å². The van der Waals surface area contributed by atoms with E-state index in [1.165, 1.54) is 36.0 Å². The van der Waals surface area contributed by atoms with Crippen molar-refractivity contribution in [3.05, 3.63) is 65.2 Å². The molecule has 2 nitrogen and oxygen atoms in total. The number of ether oxygens (including phenoxy) is 1. The summed E-state index contributed by atoms with van der Waals surface area (Å²) in [6, 6.07) is 17.1. The molecule has 0 aliphatic heterocycles. The van der Waals surface area contributed by atoms with Gasteiger partial charge in [-0.3, -0.25) is 0 Å². The van der Waals surface area contributed by atoms with Gasteiger partial charge in [0.15, 0.2) is 0 Å². The predicted molar refractivity (Wildman–Crippen MR) is 86.7 cm³/mol. The highest BCUT2D eigenvalue weighted by atomic mass is 16.5. The fraction of sp³-hybridized carbons (Fsp3) is 0.368. The fourth-order valence-electron chi connectivity index (χ4n) is 2.93. The summed E-state index contributed by atoms with van der Waals surface area (Å²) in [7, 11) is 1.69. The molecule has 2 aromatic carbocycles. The van der Waals surface area contributed by atoms with Gasteiger partial charge < -0.3 is 10.5 Å². The third-order valence-electron chi connectivity index (χ3n) is 4.53. The number of nitrogens with two attached hydrogens (primary N) is 1. The first-order chi connectivity index (χ1) is 10.3. The van der Waals surface area contributed by atoms with Crippen LogP contribution in [-0.4, -0.2) is 7.11 Å². The zero-order valence-corrected chi connectivity index (χ0v) is 12.6. The molecule has 0 aromatic heterocycles. The summed E-state index contributed by atoms with van der Waals surface area (Å²) in [6.45, 7) is 0.